The lowest BCUT2D eigenvalue weighted by Crippen LogP contribution is -2.38. The number of hydrogen-bond donors (Lipinski definition) is 0. The van der Waals surface area contributed by atoms with Crippen molar-refractivity contribution in [1.82, 2.24) is 10.2 Å². The average Bonchev–Trinajstić information content (AvgIpc) is 2.61. The summed E-state index contributed by atoms with van der Waals surface area (Å²) in [5, 5.41) is 8.45. The highest BCUT2D eigenvalue weighted by Crippen LogP contribution is 2.23. The van der Waals surface area contributed by atoms with Gasteiger partial charge in [0.05, 0.1) is 19.4 Å². The van der Waals surface area contributed by atoms with Crippen molar-refractivity contribution in [1.29, 1.82) is 0 Å². The van der Waals surface area contributed by atoms with E-state index in [2.05, 4.69) is 21.2 Å². The summed E-state index contributed by atoms with van der Waals surface area (Å²) in [6.45, 7) is 4.69. The molecule has 1 atom stereocenters. The van der Waals surface area contributed by atoms with E-state index in [0.717, 1.165) is 49.1 Å². The molecule has 1 saturated heterocycles. The van der Waals surface area contributed by atoms with Gasteiger partial charge in [0.2, 0.25) is 0 Å². The molecule has 5 nitrogen and oxygen atoms in total. The number of anilines is 1. The SMILES string of the molecule is COc1ccc(OCC2CCCN(c3ccc(C)nn3)C2)cc1. The van der Waals surface area contributed by atoms with Crippen LogP contribution in [0.25, 0.3) is 0 Å². The number of rotatable bonds is 5. The standard InChI is InChI=1S/C18H23N3O2/c1-14-5-10-18(20-19-14)21-11-3-4-15(12-21)13-23-17-8-6-16(22-2)7-9-17/h5-10,15H,3-4,11-13H2,1-2H3. The summed E-state index contributed by atoms with van der Waals surface area (Å²) in [6, 6.07) is 11.8. The zero-order valence-corrected chi connectivity index (χ0v) is 13.7. The molecule has 23 heavy (non-hydrogen) atoms. The van der Waals surface area contributed by atoms with E-state index in [9.17, 15) is 0 Å². The molecule has 0 aliphatic carbocycles. The average molecular weight is 313 g/mol. The first kappa shape index (κ1) is 15.6. The Morgan fingerprint density at radius 1 is 1.09 bits per heavy atom. The maximum atomic E-state index is 5.93. The second-order valence-corrected chi connectivity index (χ2v) is 5.97. The summed E-state index contributed by atoms with van der Waals surface area (Å²) in [5.74, 6) is 3.20. The molecule has 1 unspecified atom stereocenters. The van der Waals surface area contributed by atoms with E-state index in [1.54, 1.807) is 7.11 Å². The monoisotopic (exact) mass is 313 g/mol. The number of aromatic nitrogens is 2. The van der Waals surface area contributed by atoms with Crippen LogP contribution >= 0.6 is 0 Å². The number of methoxy groups -OCH3 is 1. The van der Waals surface area contributed by atoms with E-state index < -0.39 is 0 Å². The highest BCUT2D eigenvalue weighted by Gasteiger charge is 2.21. The van der Waals surface area contributed by atoms with Crippen molar-refractivity contribution >= 4 is 5.82 Å². The molecule has 0 saturated carbocycles. The van der Waals surface area contributed by atoms with Gasteiger partial charge < -0.3 is 14.4 Å². The molecule has 122 valence electrons. The number of aryl methyl sites for hydroxylation is 1. The lowest BCUT2D eigenvalue weighted by Gasteiger charge is -2.33. The van der Waals surface area contributed by atoms with Gasteiger partial charge in [0.25, 0.3) is 0 Å². The third-order valence-electron chi connectivity index (χ3n) is 4.17. The molecule has 0 N–H and O–H groups in total. The van der Waals surface area contributed by atoms with Crippen molar-refractivity contribution in [3.05, 3.63) is 42.1 Å². The van der Waals surface area contributed by atoms with Crippen molar-refractivity contribution in [3.8, 4) is 11.5 Å². The molecule has 2 heterocycles. The second kappa shape index (κ2) is 7.31. The van der Waals surface area contributed by atoms with Crippen LogP contribution in [-0.4, -0.2) is 37.0 Å². The molecule has 0 bridgehead atoms. The first-order valence-electron chi connectivity index (χ1n) is 8.07. The van der Waals surface area contributed by atoms with Crippen molar-refractivity contribution in [3.63, 3.8) is 0 Å². The lowest BCUT2D eigenvalue weighted by molar-refractivity contribution is 0.228. The molecule has 1 aromatic heterocycles. The molecule has 2 aromatic rings. The maximum Gasteiger partial charge on any atom is 0.151 e. The highest BCUT2D eigenvalue weighted by molar-refractivity contribution is 5.37. The predicted molar refractivity (Wildman–Crippen MR) is 90.2 cm³/mol. The first-order chi connectivity index (χ1) is 11.2. The summed E-state index contributed by atoms with van der Waals surface area (Å²) in [7, 11) is 1.67. The molecular weight excluding hydrogens is 290 g/mol. The van der Waals surface area contributed by atoms with Gasteiger partial charge in [-0.15, -0.1) is 5.10 Å². The number of piperidine rings is 1. The summed E-state index contributed by atoms with van der Waals surface area (Å²) in [4.78, 5) is 2.30. The van der Waals surface area contributed by atoms with E-state index in [1.165, 1.54) is 6.42 Å². The Morgan fingerprint density at radius 2 is 1.87 bits per heavy atom. The molecule has 3 rings (SSSR count). The lowest BCUT2D eigenvalue weighted by atomic mass is 9.99. The Labute approximate surface area is 137 Å². The van der Waals surface area contributed by atoms with Gasteiger partial charge in [-0.1, -0.05) is 0 Å². The summed E-state index contributed by atoms with van der Waals surface area (Å²) in [6.07, 6.45) is 2.35. The molecule has 0 radical (unpaired) electrons. The third-order valence-corrected chi connectivity index (χ3v) is 4.17. The molecule has 5 heteroatoms. The maximum absolute atomic E-state index is 5.93. The van der Waals surface area contributed by atoms with Crippen LogP contribution in [0.5, 0.6) is 11.5 Å². The summed E-state index contributed by atoms with van der Waals surface area (Å²) < 4.78 is 11.1. The van der Waals surface area contributed by atoms with Crippen LogP contribution in [0.1, 0.15) is 18.5 Å². The molecular formula is C18H23N3O2. The summed E-state index contributed by atoms with van der Waals surface area (Å²) in [5.41, 5.74) is 0.949. The fourth-order valence-corrected chi connectivity index (χ4v) is 2.86. The van der Waals surface area contributed by atoms with Crippen molar-refractivity contribution in [2.24, 2.45) is 5.92 Å². The molecule has 1 fully saturated rings. The fourth-order valence-electron chi connectivity index (χ4n) is 2.86. The largest absolute Gasteiger partial charge is 0.497 e. The number of ether oxygens (including phenoxy) is 2. The minimum Gasteiger partial charge on any atom is -0.497 e. The molecule has 1 aliphatic heterocycles. The van der Waals surface area contributed by atoms with Crippen LogP contribution in [-0.2, 0) is 0 Å². The van der Waals surface area contributed by atoms with Gasteiger partial charge in [0.15, 0.2) is 5.82 Å². The van der Waals surface area contributed by atoms with Crippen LogP contribution in [0.4, 0.5) is 5.82 Å². The van der Waals surface area contributed by atoms with E-state index in [4.69, 9.17) is 9.47 Å². The minimum absolute atomic E-state index is 0.508. The van der Waals surface area contributed by atoms with E-state index in [1.807, 2.05) is 37.3 Å². The predicted octanol–water partition coefficient (Wildman–Crippen LogP) is 3.09. The molecule has 0 spiro atoms. The topological polar surface area (TPSA) is 47.5 Å². The zero-order valence-electron chi connectivity index (χ0n) is 13.7. The van der Waals surface area contributed by atoms with Crippen LogP contribution in [0, 0.1) is 12.8 Å². The Bertz CT molecular complexity index is 613. The normalized spacial score (nSPS) is 17.8. The molecule has 1 aliphatic rings. The number of benzene rings is 1. The van der Waals surface area contributed by atoms with Gasteiger partial charge in [-0.25, -0.2) is 0 Å². The van der Waals surface area contributed by atoms with Crippen LogP contribution < -0.4 is 14.4 Å². The van der Waals surface area contributed by atoms with E-state index in [-0.39, 0.29) is 0 Å². The smallest absolute Gasteiger partial charge is 0.151 e. The van der Waals surface area contributed by atoms with Gasteiger partial charge in [-0.2, -0.15) is 5.10 Å². The van der Waals surface area contributed by atoms with Gasteiger partial charge in [-0.3, -0.25) is 0 Å². The number of hydrogen-bond acceptors (Lipinski definition) is 5. The minimum atomic E-state index is 0.508. The second-order valence-electron chi connectivity index (χ2n) is 5.97. The van der Waals surface area contributed by atoms with Crippen LogP contribution in [0.2, 0.25) is 0 Å². The van der Waals surface area contributed by atoms with Crippen molar-refractivity contribution in [2.45, 2.75) is 19.8 Å². The van der Waals surface area contributed by atoms with Crippen molar-refractivity contribution in [2.75, 3.05) is 31.7 Å². The third kappa shape index (κ3) is 4.12. The molecule has 0 amide bonds. The Hall–Kier alpha value is -2.30. The highest BCUT2D eigenvalue weighted by atomic mass is 16.5. The Balaban J connectivity index is 1.54. The zero-order chi connectivity index (χ0) is 16.1. The fraction of sp³-hybridized carbons (Fsp3) is 0.444. The van der Waals surface area contributed by atoms with Gasteiger partial charge in [0, 0.05) is 19.0 Å². The van der Waals surface area contributed by atoms with E-state index >= 15 is 0 Å². The quantitative estimate of drug-likeness (QED) is 0.849. The van der Waals surface area contributed by atoms with Crippen LogP contribution in [0.15, 0.2) is 36.4 Å². The van der Waals surface area contributed by atoms with Gasteiger partial charge in [-0.05, 0) is 56.2 Å². The van der Waals surface area contributed by atoms with Crippen molar-refractivity contribution < 1.29 is 9.47 Å². The van der Waals surface area contributed by atoms with E-state index in [0.29, 0.717) is 5.92 Å². The molecule has 1 aromatic carbocycles. The van der Waals surface area contributed by atoms with Gasteiger partial charge >= 0.3 is 0 Å². The van der Waals surface area contributed by atoms with Crippen LogP contribution in [0.3, 0.4) is 0 Å². The number of nitrogens with zero attached hydrogens (tertiary/aromatic N) is 3. The van der Waals surface area contributed by atoms with Gasteiger partial charge in [0.1, 0.15) is 11.5 Å². The Kier molecular flexibility index (Phi) is 4.95. The summed E-state index contributed by atoms with van der Waals surface area (Å²) >= 11 is 0. The first-order valence-corrected chi connectivity index (χ1v) is 8.07. The Morgan fingerprint density at radius 3 is 2.57 bits per heavy atom.